The van der Waals surface area contributed by atoms with E-state index in [0.29, 0.717) is 23.7 Å². The lowest BCUT2D eigenvalue weighted by Crippen LogP contribution is -2.25. The lowest BCUT2D eigenvalue weighted by Gasteiger charge is -2.27. The Balaban J connectivity index is 2.69. The van der Waals surface area contributed by atoms with Gasteiger partial charge in [0.2, 0.25) is 0 Å². The average molecular weight is 593 g/mol. The molecule has 0 aliphatic heterocycles. The lowest BCUT2D eigenvalue weighted by molar-refractivity contribution is 0.544. The number of rotatable bonds is 18. The van der Waals surface area contributed by atoms with Crippen LogP contribution in [0.4, 0.5) is 0 Å². The molecular formula is C39H68N4. The minimum Gasteiger partial charge on any atom is -0.312 e. The van der Waals surface area contributed by atoms with Crippen molar-refractivity contribution in [2.45, 2.75) is 130 Å². The van der Waals surface area contributed by atoms with Crippen LogP contribution in [0, 0.1) is 65.2 Å². The van der Waals surface area contributed by atoms with Crippen molar-refractivity contribution >= 4 is 0 Å². The third kappa shape index (κ3) is 10.7. The monoisotopic (exact) mass is 593 g/mol. The topological polar surface area (TPSA) is 48.1 Å². The van der Waals surface area contributed by atoms with Crippen molar-refractivity contribution in [2.24, 2.45) is 23.7 Å². The molecule has 4 N–H and O–H groups in total. The summed E-state index contributed by atoms with van der Waals surface area (Å²) in [7, 11) is 0. The fraction of sp³-hybridized carbons (Fsp3) is 0.692. The smallest absolute Gasteiger partial charge is 0.0211 e. The molecule has 0 unspecified atom stereocenters. The maximum Gasteiger partial charge on any atom is 0.0211 e. The molecule has 0 saturated heterocycles. The van der Waals surface area contributed by atoms with Gasteiger partial charge < -0.3 is 21.3 Å². The molecule has 2 aromatic rings. The first-order chi connectivity index (χ1) is 20.2. The molecule has 0 aliphatic rings. The van der Waals surface area contributed by atoms with Crippen LogP contribution < -0.4 is 21.3 Å². The van der Waals surface area contributed by atoms with Crippen LogP contribution in [0.5, 0.6) is 0 Å². The molecule has 0 aliphatic carbocycles. The van der Waals surface area contributed by atoms with Gasteiger partial charge in [0.1, 0.15) is 0 Å². The number of hydrogen-bond donors (Lipinski definition) is 4. The largest absolute Gasteiger partial charge is 0.312 e. The quantitative estimate of drug-likeness (QED) is 0.141. The van der Waals surface area contributed by atoms with Crippen LogP contribution in [0.25, 0.3) is 0 Å². The molecule has 2 aromatic carbocycles. The summed E-state index contributed by atoms with van der Waals surface area (Å²) in [4.78, 5) is 0. The average Bonchev–Trinajstić information content (AvgIpc) is 2.90. The van der Waals surface area contributed by atoms with Crippen molar-refractivity contribution in [3.63, 3.8) is 0 Å². The predicted molar refractivity (Wildman–Crippen MR) is 190 cm³/mol. The third-order valence-electron chi connectivity index (χ3n) is 9.20. The normalized spacial score (nSPS) is 12.1. The van der Waals surface area contributed by atoms with Crippen molar-refractivity contribution in [2.75, 3.05) is 26.2 Å². The van der Waals surface area contributed by atoms with Gasteiger partial charge in [-0.3, -0.25) is 0 Å². The molecule has 4 nitrogen and oxygen atoms in total. The van der Waals surface area contributed by atoms with E-state index in [0.717, 1.165) is 58.8 Å². The highest BCUT2D eigenvalue weighted by Crippen LogP contribution is 2.34. The summed E-state index contributed by atoms with van der Waals surface area (Å²) in [5.74, 6) is 2.56. The summed E-state index contributed by atoms with van der Waals surface area (Å²) in [6.45, 7) is 40.4. The SMILES string of the molecule is Cc1c(CNCC(C)C)c(C)c(Cc2c(C)c(CNCC(C)C)c(C)c(CNCC(C)C)c2C)c(C)c1CNCC(C)C. The Morgan fingerprint density at radius 1 is 0.326 bits per heavy atom. The number of nitrogens with one attached hydrogen (secondary N) is 4. The summed E-state index contributed by atoms with van der Waals surface area (Å²) >= 11 is 0. The number of hydrogen-bond acceptors (Lipinski definition) is 4. The van der Waals surface area contributed by atoms with Crippen molar-refractivity contribution in [3.8, 4) is 0 Å². The highest BCUT2D eigenvalue weighted by atomic mass is 14.9. The second kappa shape index (κ2) is 17.7. The van der Waals surface area contributed by atoms with Crippen molar-refractivity contribution in [3.05, 3.63) is 66.8 Å². The van der Waals surface area contributed by atoms with Gasteiger partial charge in [0.05, 0.1) is 0 Å². The van der Waals surface area contributed by atoms with Gasteiger partial charge >= 0.3 is 0 Å². The van der Waals surface area contributed by atoms with E-state index in [1.165, 1.54) is 66.8 Å². The molecule has 0 saturated carbocycles. The Morgan fingerprint density at radius 2 is 0.512 bits per heavy atom. The van der Waals surface area contributed by atoms with Gasteiger partial charge in [-0.2, -0.15) is 0 Å². The first-order valence-electron chi connectivity index (χ1n) is 17.2. The van der Waals surface area contributed by atoms with Gasteiger partial charge in [0.25, 0.3) is 0 Å². The van der Waals surface area contributed by atoms with Crippen LogP contribution in [0.1, 0.15) is 122 Å². The Kier molecular flexibility index (Phi) is 15.4. The van der Waals surface area contributed by atoms with E-state index in [9.17, 15) is 0 Å². The lowest BCUT2D eigenvalue weighted by atomic mass is 9.81. The van der Waals surface area contributed by atoms with Crippen LogP contribution >= 0.6 is 0 Å². The van der Waals surface area contributed by atoms with Gasteiger partial charge in [0, 0.05) is 26.2 Å². The fourth-order valence-corrected chi connectivity index (χ4v) is 6.49. The van der Waals surface area contributed by atoms with E-state index in [2.05, 4.69) is 118 Å². The first kappa shape index (κ1) is 37.5. The van der Waals surface area contributed by atoms with Crippen molar-refractivity contribution in [1.29, 1.82) is 0 Å². The molecule has 43 heavy (non-hydrogen) atoms. The van der Waals surface area contributed by atoms with Gasteiger partial charge in [-0.25, -0.2) is 0 Å². The third-order valence-corrected chi connectivity index (χ3v) is 9.20. The highest BCUT2D eigenvalue weighted by molar-refractivity contribution is 5.56. The van der Waals surface area contributed by atoms with Crippen LogP contribution in [-0.2, 0) is 32.6 Å². The summed E-state index contributed by atoms with van der Waals surface area (Å²) in [6, 6.07) is 0. The standard InChI is InChI=1S/C39H68N4/c1-24(2)16-40-20-36-28(9)34(29(10)37(32(36)13)21-41-17-25(3)4)15-35-30(11)38(22-42-18-26(5)6)33(14)39(31(35)12)23-43-19-27(7)8/h24-27,40-43H,15-23H2,1-14H3. The Bertz CT molecular complexity index is 999. The Labute approximate surface area is 267 Å². The minimum atomic E-state index is 0.640. The molecule has 244 valence electrons. The second-order valence-corrected chi connectivity index (χ2v) is 14.9. The summed E-state index contributed by atoms with van der Waals surface area (Å²) in [5.41, 5.74) is 17.8. The minimum absolute atomic E-state index is 0.640. The van der Waals surface area contributed by atoms with Crippen LogP contribution in [0.2, 0.25) is 0 Å². The molecule has 4 heteroatoms. The Hall–Kier alpha value is -1.72. The molecule has 0 amide bonds. The zero-order valence-corrected chi connectivity index (χ0v) is 30.7. The van der Waals surface area contributed by atoms with E-state index < -0.39 is 0 Å². The van der Waals surface area contributed by atoms with E-state index >= 15 is 0 Å². The van der Waals surface area contributed by atoms with Gasteiger partial charge in [-0.1, -0.05) is 55.4 Å². The molecule has 2 rings (SSSR count). The van der Waals surface area contributed by atoms with Crippen molar-refractivity contribution in [1.82, 2.24) is 21.3 Å². The molecule has 0 fully saturated rings. The molecule has 0 atom stereocenters. The zero-order valence-electron chi connectivity index (χ0n) is 30.7. The summed E-state index contributed by atoms with van der Waals surface area (Å²) in [5, 5.41) is 15.1. The number of benzene rings is 2. The van der Waals surface area contributed by atoms with E-state index in [1.807, 2.05) is 0 Å². The molecule has 0 radical (unpaired) electrons. The molecule has 0 heterocycles. The predicted octanol–water partition coefficient (Wildman–Crippen LogP) is 8.11. The summed E-state index contributed by atoms with van der Waals surface area (Å²) < 4.78 is 0. The molecule has 0 bridgehead atoms. The van der Waals surface area contributed by atoms with E-state index in [4.69, 9.17) is 0 Å². The van der Waals surface area contributed by atoms with Crippen molar-refractivity contribution < 1.29 is 0 Å². The highest BCUT2D eigenvalue weighted by Gasteiger charge is 2.22. The van der Waals surface area contributed by atoms with Crippen LogP contribution in [-0.4, -0.2) is 26.2 Å². The Morgan fingerprint density at radius 3 is 0.698 bits per heavy atom. The maximum absolute atomic E-state index is 3.77. The van der Waals surface area contributed by atoms with Gasteiger partial charge in [-0.05, 0) is 165 Å². The van der Waals surface area contributed by atoms with E-state index in [-0.39, 0.29) is 0 Å². The molecular weight excluding hydrogens is 524 g/mol. The van der Waals surface area contributed by atoms with Crippen LogP contribution in [0.15, 0.2) is 0 Å². The molecule has 0 spiro atoms. The van der Waals surface area contributed by atoms with E-state index in [1.54, 1.807) is 0 Å². The maximum atomic E-state index is 3.77. The second-order valence-electron chi connectivity index (χ2n) is 14.9. The van der Waals surface area contributed by atoms with Gasteiger partial charge in [0.15, 0.2) is 0 Å². The van der Waals surface area contributed by atoms with Gasteiger partial charge in [-0.15, -0.1) is 0 Å². The molecule has 0 aromatic heterocycles. The zero-order chi connectivity index (χ0) is 32.4. The summed E-state index contributed by atoms with van der Waals surface area (Å²) in [6.07, 6.45) is 0.985. The first-order valence-corrected chi connectivity index (χ1v) is 17.2. The van der Waals surface area contributed by atoms with Crippen LogP contribution in [0.3, 0.4) is 0 Å². The fourth-order valence-electron chi connectivity index (χ4n) is 6.49.